The zero-order chi connectivity index (χ0) is 19.3. The average molecular weight is 389 g/mol. The monoisotopic (exact) mass is 389 g/mol. The van der Waals surface area contributed by atoms with Gasteiger partial charge in [0.2, 0.25) is 5.16 Å². The van der Waals surface area contributed by atoms with Crippen LogP contribution in [0.1, 0.15) is 20.7 Å². The number of aryl methyl sites for hydroxylation is 1. The minimum absolute atomic E-state index is 0.246. The number of amides is 2. The number of carbonyl (C=O) groups excluding carboxylic acids is 2. The number of nitrogens with zero attached hydrogens (tertiary/aromatic N) is 5. The number of para-hydroxylation sites is 1. The molecule has 0 spiro atoms. The van der Waals surface area contributed by atoms with Gasteiger partial charge in [-0.3, -0.25) is 14.5 Å². The van der Waals surface area contributed by atoms with Gasteiger partial charge in [-0.1, -0.05) is 42.1 Å². The van der Waals surface area contributed by atoms with Crippen molar-refractivity contribution in [1.82, 2.24) is 24.6 Å². The highest BCUT2D eigenvalue weighted by atomic mass is 32.2. The Balaban J connectivity index is 1.34. The quantitative estimate of drug-likeness (QED) is 0.394. The number of rotatable bonds is 4. The smallest absolute Gasteiger partial charge is 0.261 e. The zero-order valence-electron chi connectivity index (χ0n) is 15.0. The molecule has 0 saturated carbocycles. The number of hydrogen-bond acceptors (Lipinski definition) is 6. The first kappa shape index (κ1) is 16.9. The van der Waals surface area contributed by atoms with E-state index in [1.54, 1.807) is 24.3 Å². The van der Waals surface area contributed by atoms with Gasteiger partial charge in [0.25, 0.3) is 11.8 Å². The number of aromatic nitrogens is 4. The van der Waals surface area contributed by atoms with E-state index in [0.717, 1.165) is 22.1 Å². The summed E-state index contributed by atoms with van der Waals surface area (Å²) in [5.74, 6) is 0.0107. The minimum Gasteiger partial charge on any atom is -0.327 e. The molecule has 0 radical (unpaired) electrons. The molecule has 2 aromatic heterocycles. The third kappa shape index (κ3) is 2.49. The predicted octanol–water partition coefficient (Wildman–Crippen LogP) is 2.90. The van der Waals surface area contributed by atoms with Crippen LogP contribution in [0.25, 0.3) is 22.1 Å². The fourth-order valence-corrected chi connectivity index (χ4v) is 4.23. The van der Waals surface area contributed by atoms with E-state index in [9.17, 15) is 9.59 Å². The van der Waals surface area contributed by atoms with Crippen LogP contribution >= 0.6 is 11.8 Å². The van der Waals surface area contributed by atoms with Crippen molar-refractivity contribution in [3.8, 4) is 0 Å². The van der Waals surface area contributed by atoms with Gasteiger partial charge >= 0.3 is 0 Å². The number of imide groups is 1. The van der Waals surface area contributed by atoms with Gasteiger partial charge in [-0.05, 0) is 18.2 Å². The molecule has 0 N–H and O–H groups in total. The summed E-state index contributed by atoms with van der Waals surface area (Å²) in [6.45, 7) is 0.299. The molecule has 0 saturated heterocycles. The molecule has 28 heavy (non-hydrogen) atoms. The summed E-state index contributed by atoms with van der Waals surface area (Å²) in [7, 11) is 1.95. The van der Waals surface area contributed by atoms with Gasteiger partial charge in [0.1, 0.15) is 5.52 Å². The number of benzene rings is 2. The molecule has 138 valence electrons. The van der Waals surface area contributed by atoms with Crippen LogP contribution in [-0.4, -0.2) is 48.8 Å². The maximum absolute atomic E-state index is 12.4. The van der Waals surface area contributed by atoms with Crippen LogP contribution in [0.15, 0.2) is 53.7 Å². The fraction of sp³-hybridized carbons (Fsp3) is 0.150. The summed E-state index contributed by atoms with van der Waals surface area (Å²) >= 11 is 1.38. The van der Waals surface area contributed by atoms with Gasteiger partial charge in [0, 0.05) is 24.7 Å². The normalized spacial score (nSPS) is 13.7. The summed E-state index contributed by atoms with van der Waals surface area (Å²) in [5, 5.41) is 10.1. The summed E-state index contributed by atoms with van der Waals surface area (Å²) in [4.78, 5) is 30.7. The molecule has 3 heterocycles. The van der Waals surface area contributed by atoms with Crippen molar-refractivity contribution in [2.45, 2.75) is 5.16 Å². The molecule has 0 fully saturated rings. The third-order valence-corrected chi connectivity index (χ3v) is 5.73. The first-order valence-corrected chi connectivity index (χ1v) is 9.79. The Bertz CT molecular complexity index is 1230. The van der Waals surface area contributed by atoms with E-state index >= 15 is 0 Å². The molecule has 0 unspecified atom stereocenters. The van der Waals surface area contributed by atoms with Gasteiger partial charge in [-0.25, -0.2) is 4.98 Å². The molecule has 0 atom stereocenters. The molecule has 4 aromatic rings. The lowest BCUT2D eigenvalue weighted by atomic mass is 10.1. The lowest BCUT2D eigenvalue weighted by molar-refractivity contribution is 0.0664. The van der Waals surface area contributed by atoms with Crippen molar-refractivity contribution in [3.05, 3.63) is 59.7 Å². The summed E-state index contributed by atoms with van der Waals surface area (Å²) in [5.41, 5.74) is 3.51. The number of carbonyl (C=O) groups is 2. The van der Waals surface area contributed by atoms with E-state index < -0.39 is 0 Å². The second-order valence-electron chi connectivity index (χ2n) is 6.50. The third-order valence-electron chi connectivity index (χ3n) is 4.91. The van der Waals surface area contributed by atoms with Crippen LogP contribution in [0.4, 0.5) is 0 Å². The lowest BCUT2D eigenvalue weighted by Gasteiger charge is -2.12. The standard InChI is InChI=1S/C20H15N5O2S/c1-24-15-9-5-4-8-14(15)16-17(24)21-20(23-22-16)28-11-10-25-18(26)12-6-2-3-7-13(12)19(25)27/h2-9H,10-11H2,1H3. The highest BCUT2D eigenvalue weighted by Crippen LogP contribution is 2.27. The largest absolute Gasteiger partial charge is 0.327 e. The van der Waals surface area contributed by atoms with E-state index in [0.29, 0.717) is 28.6 Å². The van der Waals surface area contributed by atoms with Crippen molar-refractivity contribution in [2.75, 3.05) is 12.3 Å². The Kier molecular flexibility index (Phi) is 3.87. The summed E-state index contributed by atoms with van der Waals surface area (Å²) < 4.78 is 1.99. The molecular weight excluding hydrogens is 374 g/mol. The molecule has 1 aliphatic heterocycles. The Morgan fingerprint density at radius 3 is 2.36 bits per heavy atom. The second-order valence-corrected chi connectivity index (χ2v) is 7.56. The first-order valence-electron chi connectivity index (χ1n) is 8.81. The highest BCUT2D eigenvalue weighted by molar-refractivity contribution is 7.99. The van der Waals surface area contributed by atoms with Crippen molar-refractivity contribution in [1.29, 1.82) is 0 Å². The van der Waals surface area contributed by atoms with Crippen LogP contribution < -0.4 is 0 Å². The second kappa shape index (κ2) is 6.42. The molecule has 7 nitrogen and oxygen atoms in total. The van der Waals surface area contributed by atoms with Crippen molar-refractivity contribution in [3.63, 3.8) is 0 Å². The van der Waals surface area contributed by atoms with E-state index in [4.69, 9.17) is 0 Å². The van der Waals surface area contributed by atoms with E-state index in [1.807, 2.05) is 35.9 Å². The topological polar surface area (TPSA) is 81.0 Å². The predicted molar refractivity (Wildman–Crippen MR) is 106 cm³/mol. The van der Waals surface area contributed by atoms with Gasteiger partial charge in [0.05, 0.1) is 16.6 Å². The maximum atomic E-state index is 12.4. The highest BCUT2D eigenvalue weighted by Gasteiger charge is 2.34. The van der Waals surface area contributed by atoms with Crippen LogP contribution in [-0.2, 0) is 7.05 Å². The minimum atomic E-state index is -0.246. The fourth-order valence-electron chi connectivity index (χ4n) is 3.52. The zero-order valence-corrected chi connectivity index (χ0v) is 15.8. The first-order chi connectivity index (χ1) is 13.6. The number of hydrogen-bond donors (Lipinski definition) is 0. The van der Waals surface area contributed by atoms with E-state index in [2.05, 4.69) is 15.2 Å². The Labute approximate surface area is 164 Å². The maximum Gasteiger partial charge on any atom is 0.261 e. The van der Waals surface area contributed by atoms with E-state index in [1.165, 1.54) is 16.7 Å². The molecule has 0 aliphatic carbocycles. The van der Waals surface area contributed by atoms with Gasteiger partial charge < -0.3 is 4.57 Å². The van der Waals surface area contributed by atoms with Gasteiger partial charge in [-0.15, -0.1) is 10.2 Å². The number of thioether (sulfide) groups is 1. The summed E-state index contributed by atoms with van der Waals surface area (Å²) in [6.07, 6.45) is 0. The van der Waals surface area contributed by atoms with Gasteiger partial charge in [0.15, 0.2) is 5.65 Å². The Morgan fingerprint density at radius 2 is 1.61 bits per heavy atom. The Morgan fingerprint density at radius 1 is 0.929 bits per heavy atom. The molecule has 5 rings (SSSR count). The molecular formula is C20H15N5O2S. The van der Waals surface area contributed by atoms with Crippen molar-refractivity contribution >= 4 is 45.6 Å². The van der Waals surface area contributed by atoms with Crippen molar-refractivity contribution in [2.24, 2.45) is 7.05 Å². The number of fused-ring (bicyclic) bond motifs is 4. The summed E-state index contributed by atoms with van der Waals surface area (Å²) in [6, 6.07) is 14.9. The SMILES string of the molecule is Cn1c2ccccc2c2nnc(SCCN3C(=O)c4ccccc4C3=O)nc21. The van der Waals surface area contributed by atoms with E-state index in [-0.39, 0.29) is 11.8 Å². The molecule has 2 amide bonds. The van der Waals surface area contributed by atoms with Crippen molar-refractivity contribution < 1.29 is 9.59 Å². The van der Waals surface area contributed by atoms with Crippen LogP contribution in [0, 0.1) is 0 Å². The van der Waals surface area contributed by atoms with Crippen LogP contribution in [0.2, 0.25) is 0 Å². The molecule has 0 bridgehead atoms. The van der Waals surface area contributed by atoms with Crippen LogP contribution in [0.3, 0.4) is 0 Å². The lowest BCUT2D eigenvalue weighted by Crippen LogP contribution is -2.31. The van der Waals surface area contributed by atoms with Gasteiger partial charge in [-0.2, -0.15) is 0 Å². The van der Waals surface area contributed by atoms with Crippen LogP contribution in [0.5, 0.6) is 0 Å². The molecule has 1 aliphatic rings. The molecule has 2 aromatic carbocycles. The average Bonchev–Trinajstić information content (AvgIpc) is 3.15. The Hall–Kier alpha value is -3.26. The molecule has 8 heteroatoms.